The Hall–Kier alpha value is -1.44. The molecular weight excluding hydrogens is 252 g/mol. The summed E-state index contributed by atoms with van der Waals surface area (Å²) in [5.41, 5.74) is -1.02. The SMILES string of the molecule is CC.COC(CO)CC(OC)n1ccc(=O)[nH]c1=O. The lowest BCUT2D eigenvalue weighted by molar-refractivity contribution is -0.0348. The van der Waals surface area contributed by atoms with Gasteiger partial charge in [-0.2, -0.15) is 0 Å². The Morgan fingerprint density at radius 1 is 1.32 bits per heavy atom. The van der Waals surface area contributed by atoms with Gasteiger partial charge in [0.15, 0.2) is 0 Å². The Bertz CT molecular complexity index is 450. The largest absolute Gasteiger partial charge is 0.394 e. The fourth-order valence-corrected chi connectivity index (χ4v) is 1.45. The maximum absolute atomic E-state index is 11.5. The molecule has 0 spiro atoms. The third-order valence-corrected chi connectivity index (χ3v) is 2.43. The number of methoxy groups -OCH3 is 2. The Balaban J connectivity index is 0.00000154. The highest BCUT2D eigenvalue weighted by atomic mass is 16.5. The van der Waals surface area contributed by atoms with Crippen LogP contribution in [-0.4, -0.2) is 41.6 Å². The lowest BCUT2D eigenvalue weighted by atomic mass is 10.2. The van der Waals surface area contributed by atoms with Crippen LogP contribution in [-0.2, 0) is 9.47 Å². The number of aliphatic hydroxyl groups is 1. The van der Waals surface area contributed by atoms with Crippen LogP contribution < -0.4 is 11.2 Å². The molecule has 0 aliphatic rings. The van der Waals surface area contributed by atoms with Gasteiger partial charge in [-0.1, -0.05) is 13.8 Å². The second-order valence-electron chi connectivity index (χ2n) is 3.48. The number of hydrogen-bond donors (Lipinski definition) is 2. The molecule has 0 aliphatic heterocycles. The van der Waals surface area contributed by atoms with Gasteiger partial charge in [-0.05, 0) is 0 Å². The number of rotatable bonds is 6. The molecule has 0 saturated carbocycles. The standard InChI is InChI=1S/C10H16N2O5.C2H6/c1-16-7(6-13)5-9(17-2)12-4-3-8(14)11-10(12)15;1-2/h3-4,7,9,13H,5-6H2,1-2H3,(H,11,14,15);1-2H3. The second-order valence-corrected chi connectivity index (χ2v) is 3.48. The van der Waals surface area contributed by atoms with Gasteiger partial charge in [-0.3, -0.25) is 14.3 Å². The Morgan fingerprint density at radius 3 is 2.37 bits per heavy atom. The van der Waals surface area contributed by atoms with Crippen molar-refractivity contribution < 1.29 is 14.6 Å². The van der Waals surface area contributed by atoms with E-state index in [0.29, 0.717) is 6.42 Å². The van der Waals surface area contributed by atoms with E-state index >= 15 is 0 Å². The molecule has 0 saturated heterocycles. The first-order chi connectivity index (χ1) is 9.12. The zero-order valence-corrected chi connectivity index (χ0v) is 11.8. The maximum Gasteiger partial charge on any atom is 0.330 e. The van der Waals surface area contributed by atoms with E-state index in [0.717, 1.165) is 0 Å². The van der Waals surface area contributed by atoms with Crippen LogP contribution >= 0.6 is 0 Å². The van der Waals surface area contributed by atoms with E-state index in [9.17, 15) is 9.59 Å². The minimum Gasteiger partial charge on any atom is -0.394 e. The van der Waals surface area contributed by atoms with Gasteiger partial charge in [0.1, 0.15) is 6.23 Å². The van der Waals surface area contributed by atoms with Crippen LogP contribution in [0.15, 0.2) is 21.9 Å². The normalized spacial score (nSPS) is 13.3. The minimum absolute atomic E-state index is 0.172. The van der Waals surface area contributed by atoms with Gasteiger partial charge in [0, 0.05) is 32.9 Å². The number of aromatic amines is 1. The molecule has 1 heterocycles. The van der Waals surface area contributed by atoms with Crippen molar-refractivity contribution in [3.63, 3.8) is 0 Å². The Kier molecular flexibility index (Phi) is 8.77. The lowest BCUT2D eigenvalue weighted by Crippen LogP contribution is -2.34. The van der Waals surface area contributed by atoms with Crippen LogP contribution in [0.25, 0.3) is 0 Å². The summed E-state index contributed by atoms with van der Waals surface area (Å²) in [7, 11) is 2.90. The highest BCUT2D eigenvalue weighted by molar-refractivity contribution is 4.84. The molecule has 1 aromatic heterocycles. The summed E-state index contributed by atoms with van der Waals surface area (Å²) in [6.07, 6.45) is 0.616. The fraction of sp³-hybridized carbons (Fsp3) is 0.667. The van der Waals surface area contributed by atoms with Crippen molar-refractivity contribution >= 4 is 0 Å². The monoisotopic (exact) mass is 274 g/mol. The first-order valence-electron chi connectivity index (χ1n) is 6.10. The van der Waals surface area contributed by atoms with Crippen molar-refractivity contribution in [2.45, 2.75) is 32.6 Å². The van der Waals surface area contributed by atoms with Gasteiger partial charge in [-0.15, -0.1) is 0 Å². The highest BCUT2D eigenvalue weighted by Gasteiger charge is 2.17. The van der Waals surface area contributed by atoms with Crippen LogP contribution in [0.4, 0.5) is 0 Å². The zero-order valence-electron chi connectivity index (χ0n) is 11.8. The van der Waals surface area contributed by atoms with Gasteiger partial charge in [0.05, 0.1) is 12.7 Å². The summed E-state index contributed by atoms with van der Waals surface area (Å²) in [5.74, 6) is 0. The van der Waals surface area contributed by atoms with Crippen molar-refractivity contribution in [2.24, 2.45) is 0 Å². The fourth-order valence-electron chi connectivity index (χ4n) is 1.45. The highest BCUT2D eigenvalue weighted by Crippen LogP contribution is 2.13. The number of hydrogen-bond acceptors (Lipinski definition) is 5. The van der Waals surface area contributed by atoms with E-state index in [2.05, 4.69) is 4.98 Å². The molecule has 7 heteroatoms. The molecule has 0 aliphatic carbocycles. The molecule has 2 N–H and O–H groups in total. The third-order valence-electron chi connectivity index (χ3n) is 2.43. The van der Waals surface area contributed by atoms with Gasteiger partial charge < -0.3 is 14.6 Å². The van der Waals surface area contributed by atoms with E-state index in [4.69, 9.17) is 14.6 Å². The number of aliphatic hydroxyl groups excluding tert-OH is 1. The molecule has 19 heavy (non-hydrogen) atoms. The summed E-state index contributed by atoms with van der Waals surface area (Å²) in [6, 6.07) is 1.23. The molecular formula is C12H22N2O5. The van der Waals surface area contributed by atoms with E-state index in [1.54, 1.807) is 0 Å². The topological polar surface area (TPSA) is 93.5 Å². The predicted octanol–water partition coefficient (Wildman–Crippen LogP) is 0.105. The summed E-state index contributed by atoms with van der Waals surface area (Å²) in [6.45, 7) is 3.83. The molecule has 2 atom stereocenters. The molecule has 1 aromatic rings. The van der Waals surface area contributed by atoms with Crippen LogP contribution in [0.2, 0.25) is 0 Å². The number of nitrogens with one attached hydrogen (secondary N) is 1. The van der Waals surface area contributed by atoms with Crippen LogP contribution in [0.5, 0.6) is 0 Å². The molecule has 110 valence electrons. The number of H-pyrrole nitrogens is 1. The molecule has 0 amide bonds. The third kappa shape index (κ3) is 5.37. The summed E-state index contributed by atoms with van der Waals surface area (Å²) in [4.78, 5) is 24.6. The van der Waals surface area contributed by atoms with Crippen molar-refractivity contribution in [1.29, 1.82) is 0 Å². The first kappa shape index (κ1) is 17.6. The van der Waals surface area contributed by atoms with Gasteiger partial charge >= 0.3 is 5.69 Å². The molecule has 0 radical (unpaired) electrons. The van der Waals surface area contributed by atoms with Gasteiger partial charge in [0.25, 0.3) is 5.56 Å². The first-order valence-corrected chi connectivity index (χ1v) is 6.10. The smallest absolute Gasteiger partial charge is 0.330 e. The maximum atomic E-state index is 11.5. The average molecular weight is 274 g/mol. The van der Waals surface area contributed by atoms with Crippen molar-refractivity contribution in [1.82, 2.24) is 9.55 Å². The zero-order chi connectivity index (χ0) is 14.8. The molecule has 0 aromatic carbocycles. The molecule has 0 bridgehead atoms. The quantitative estimate of drug-likeness (QED) is 0.767. The van der Waals surface area contributed by atoms with Crippen LogP contribution in [0, 0.1) is 0 Å². The van der Waals surface area contributed by atoms with Crippen LogP contribution in [0.1, 0.15) is 26.5 Å². The number of nitrogens with zero attached hydrogens (tertiary/aromatic N) is 1. The molecule has 2 unspecified atom stereocenters. The summed E-state index contributed by atoms with van der Waals surface area (Å²) < 4.78 is 11.4. The van der Waals surface area contributed by atoms with E-state index in [-0.39, 0.29) is 6.61 Å². The van der Waals surface area contributed by atoms with E-state index in [1.807, 2.05) is 13.8 Å². The van der Waals surface area contributed by atoms with Crippen molar-refractivity contribution in [3.8, 4) is 0 Å². The number of aromatic nitrogens is 2. The van der Waals surface area contributed by atoms with E-state index in [1.165, 1.54) is 31.0 Å². The number of ether oxygens (including phenoxy) is 2. The van der Waals surface area contributed by atoms with Gasteiger partial charge in [-0.25, -0.2) is 4.79 Å². The molecule has 1 rings (SSSR count). The molecule has 0 fully saturated rings. The average Bonchev–Trinajstić information content (AvgIpc) is 2.44. The molecule has 7 nitrogen and oxygen atoms in total. The summed E-state index contributed by atoms with van der Waals surface area (Å²) >= 11 is 0. The predicted molar refractivity (Wildman–Crippen MR) is 71.2 cm³/mol. The van der Waals surface area contributed by atoms with Gasteiger partial charge in [0.2, 0.25) is 0 Å². The van der Waals surface area contributed by atoms with Crippen molar-refractivity contribution in [2.75, 3.05) is 20.8 Å². The van der Waals surface area contributed by atoms with Crippen molar-refractivity contribution in [3.05, 3.63) is 33.1 Å². The van der Waals surface area contributed by atoms with Crippen LogP contribution in [0.3, 0.4) is 0 Å². The lowest BCUT2D eigenvalue weighted by Gasteiger charge is -2.21. The summed E-state index contributed by atoms with van der Waals surface area (Å²) in [5, 5.41) is 9.01. The minimum atomic E-state index is -0.601. The Labute approximate surface area is 111 Å². The second kappa shape index (κ2) is 9.48. The Morgan fingerprint density at radius 2 is 1.95 bits per heavy atom. The van der Waals surface area contributed by atoms with E-state index < -0.39 is 23.6 Å².